The molecule has 2 aromatic rings. The molecule has 0 amide bonds. The van der Waals surface area contributed by atoms with Crippen molar-refractivity contribution in [1.82, 2.24) is 8.75 Å². The Hall–Kier alpha value is -1.62. The number of hydrogen-bond acceptors (Lipinski definition) is 5. The number of rotatable bonds is 3. The zero-order valence-electron chi connectivity index (χ0n) is 7.38. The van der Waals surface area contributed by atoms with Crippen molar-refractivity contribution in [2.45, 2.75) is 6.61 Å². The third kappa shape index (κ3) is 2.00. The molecule has 2 rings (SSSR count). The monoisotopic (exact) mass is 207 g/mol. The largest absolute Gasteiger partial charge is 0.485 e. The van der Waals surface area contributed by atoms with Gasteiger partial charge in [0.1, 0.15) is 18.1 Å². The van der Waals surface area contributed by atoms with E-state index in [4.69, 9.17) is 10.5 Å². The number of nitrogens with two attached hydrogens (primary N) is 1. The van der Waals surface area contributed by atoms with Gasteiger partial charge in [0.25, 0.3) is 0 Å². The van der Waals surface area contributed by atoms with Crippen LogP contribution in [0.1, 0.15) is 5.69 Å². The summed E-state index contributed by atoms with van der Waals surface area (Å²) in [7, 11) is 0. The third-order valence-corrected chi connectivity index (χ3v) is 2.22. The lowest BCUT2D eigenvalue weighted by molar-refractivity contribution is 0.304. The number of aromatic nitrogens is 2. The zero-order chi connectivity index (χ0) is 9.80. The molecule has 0 aliphatic heterocycles. The predicted octanol–water partition coefficient (Wildman–Crippen LogP) is 1.70. The average Bonchev–Trinajstić information content (AvgIpc) is 2.69. The molecule has 0 unspecified atom stereocenters. The zero-order valence-corrected chi connectivity index (χ0v) is 8.20. The van der Waals surface area contributed by atoms with Gasteiger partial charge in [-0.15, -0.1) is 0 Å². The Morgan fingerprint density at radius 3 is 2.93 bits per heavy atom. The SMILES string of the molecule is Nc1ccccc1OCc1cnsn1. The summed E-state index contributed by atoms with van der Waals surface area (Å²) in [6.07, 6.45) is 1.68. The van der Waals surface area contributed by atoms with E-state index in [1.165, 1.54) is 11.7 Å². The highest BCUT2D eigenvalue weighted by molar-refractivity contribution is 6.99. The lowest BCUT2D eigenvalue weighted by atomic mass is 10.3. The highest BCUT2D eigenvalue weighted by atomic mass is 32.1. The number of nitrogens with zero attached hydrogens (tertiary/aromatic N) is 2. The van der Waals surface area contributed by atoms with Gasteiger partial charge in [0, 0.05) is 0 Å². The van der Waals surface area contributed by atoms with E-state index in [0.29, 0.717) is 18.0 Å². The van der Waals surface area contributed by atoms with E-state index in [2.05, 4.69) is 8.75 Å². The van der Waals surface area contributed by atoms with Crippen LogP contribution < -0.4 is 10.5 Å². The fraction of sp³-hybridized carbons (Fsp3) is 0.111. The summed E-state index contributed by atoms with van der Waals surface area (Å²) in [5, 5.41) is 0. The van der Waals surface area contributed by atoms with Crippen LogP contribution in [0.4, 0.5) is 5.69 Å². The van der Waals surface area contributed by atoms with E-state index >= 15 is 0 Å². The van der Waals surface area contributed by atoms with Gasteiger partial charge in [-0.2, -0.15) is 8.75 Å². The molecular formula is C9H9N3OS. The van der Waals surface area contributed by atoms with Crippen LogP contribution in [0, 0.1) is 0 Å². The normalized spacial score (nSPS) is 10.0. The fourth-order valence-electron chi connectivity index (χ4n) is 1.01. The number of para-hydroxylation sites is 2. The molecule has 1 aromatic heterocycles. The van der Waals surface area contributed by atoms with E-state index in [0.717, 1.165) is 5.69 Å². The van der Waals surface area contributed by atoms with Gasteiger partial charge in [-0.05, 0) is 12.1 Å². The lowest BCUT2D eigenvalue weighted by Gasteiger charge is -2.05. The maximum atomic E-state index is 5.70. The molecule has 0 atom stereocenters. The second-order valence-corrected chi connectivity index (χ2v) is 3.28. The number of ether oxygens (including phenoxy) is 1. The summed E-state index contributed by atoms with van der Waals surface area (Å²) in [5.74, 6) is 0.681. The maximum absolute atomic E-state index is 5.70. The van der Waals surface area contributed by atoms with Crippen LogP contribution in [0.15, 0.2) is 30.5 Å². The van der Waals surface area contributed by atoms with Crippen LogP contribution in [0.25, 0.3) is 0 Å². The minimum atomic E-state index is 0.407. The molecule has 2 N–H and O–H groups in total. The molecule has 0 radical (unpaired) electrons. The first-order chi connectivity index (χ1) is 6.86. The standard InChI is InChI=1S/C9H9N3OS/c10-8-3-1-2-4-9(8)13-6-7-5-11-14-12-7/h1-5H,6,10H2. The molecule has 1 heterocycles. The first-order valence-electron chi connectivity index (χ1n) is 4.10. The molecule has 0 spiro atoms. The van der Waals surface area contributed by atoms with Gasteiger partial charge in [0.2, 0.25) is 0 Å². The molecule has 72 valence electrons. The number of benzene rings is 1. The molecule has 14 heavy (non-hydrogen) atoms. The Kier molecular flexibility index (Phi) is 2.60. The number of anilines is 1. The van der Waals surface area contributed by atoms with E-state index in [9.17, 15) is 0 Å². The average molecular weight is 207 g/mol. The molecule has 0 saturated heterocycles. The molecule has 0 aliphatic carbocycles. The van der Waals surface area contributed by atoms with Crippen molar-refractivity contribution in [3.05, 3.63) is 36.2 Å². The van der Waals surface area contributed by atoms with Gasteiger partial charge >= 0.3 is 0 Å². The molecule has 0 bridgehead atoms. The topological polar surface area (TPSA) is 61.0 Å². The van der Waals surface area contributed by atoms with Crippen molar-refractivity contribution in [2.75, 3.05) is 5.73 Å². The van der Waals surface area contributed by atoms with Crippen LogP contribution in [-0.4, -0.2) is 8.75 Å². The molecule has 0 aliphatic rings. The second-order valence-electron chi connectivity index (χ2n) is 2.73. The predicted molar refractivity (Wildman–Crippen MR) is 55.1 cm³/mol. The van der Waals surface area contributed by atoms with Gasteiger partial charge in [-0.1, -0.05) is 12.1 Å². The summed E-state index contributed by atoms with van der Waals surface area (Å²) in [6.45, 7) is 0.407. The van der Waals surface area contributed by atoms with Crippen LogP contribution in [0.5, 0.6) is 5.75 Å². The first kappa shape index (κ1) is 8.96. The quantitative estimate of drug-likeness (QED) is 0.778. The molecule has 0 fully saturated rings. The van der Waals surface area contributed by atoms with Gasteiger partial charge < -0.3 is 10.5 Å². The van der Waals surface area contributed by atoms with Crippen molar-refractivity contribution >= 4 is 17.4 Å². The Labute approximate surface area is 85.7 Å². The van der Waals surface area contributed by atoms with Crippen LogP contribution >= 0.6 is 11.7 Å². The maximum Gasteiger partial charge on any atom is 0.142 e. The van der Waals surface area contributed by atoms with E-state index < -0.39 is 0 Å². The molecular weight excluding hydrogens is 198 g/mol. The van der Waals surface area contributed by atoms with Gasteiger partial charge in [0.15, 0.2) is 0 Å². The summed E-state index contributed by atoms with van der Waals surface area (Å²) in [6, 6.07) is 7.38. The van der Waals surface area contributed by atoms with E-state index in [-0.39, 0.29) is 0 Å². The third-order valence-electron chi connectivity index (χ3n) is 1.70. The van der Waals surface area contributed by atoms with Crippen molar-refractivity contribution in [1.29, 1.82) is 0 Å². The van der Waals surface area contributed by atoms with Crippen molar-refractivity contribution in [3.8, 4) is 5.75 Å². The first-order valence-corrected chi connectivity index (χ1v) is 4.83. The molecule has 1 aromatic carbocycles. The van der Waals surface area contributed by atoms with Gasteiger partial charge in [0.05, 0.1) is 23.6 Å². The fourth-order valence-corrected chi connectivity index (χ4v) is 1.43. The van der Waals surface area contributed by atoms with Crippen molar-refractivity contribution < 1.29 is 4.74 Å². The minimum absolute atomic E-state index is 0.407. The molecule has 0 saturated carbocycles. The van der Waals surface area contributed by atoms with Gasteiger partial charge in [-0.25, -0.2) is 0 Å². The summed E-state index contributed by atoms with van der Waals surface area (Å²) >= 11 is 1.17. The van der Waals surface area contributed by atoms with Gasteiger partial charge in [-0.3, -0.25) is 0 Å². The second kappa shape index (κ2) is 4.06. The van der Waals surface area contributed by atoms with E-state index in [1.807, 2.05) is 18.2 Å². The molecule has 5 heteroatoms. The Balaban J connectivity index is 2.02. The van der Waals surface area contributed by atoms with Crippen LogP contribution in [0.2, 0.25) is 0 Å². The highest BCUT2D eigenvalue weighted by Gasteiger charge is 2.00. The Morgan fingerprint density at radius 2 is 2.21 bits per heavy atom. The Morgan fingerprint density at radius 1 is 1.36 bits per heavy atom. The number of hydrogen-bond donors (Lipinski definition) is 1. The summed E-state index contributed by atoms with van der Waals surface area (Å²) in [5.41, 5.74) is 7.15. The van der Waals surface area contributed by atoms with Crippen molar-refractivity contribution in [3.63, 3.8) is 0 Å². The highest BCUT2D eigenvalue weighted by Crippen LogP contribution is 2.20. The number of nitrogen functional groups attached to an aromatic ring is 1. The van der Waals surface area contributed by atoms with Crippen LogP contribution in [-0.2, 0) is 6.61 Å². The Bertz CT molecular complexity index is 402. The summed E-state index contributed by atoms with van der Waals surface area (Å²) in [4.78, 5) is 0. The smallest absolute Gasteiger partial charge is 0.142 e. The lowest BCUT2D eigenvalue weighted by Crippen LogP contribution is -1.98. The van der Waals surface area contributed by atoms with Crippen molar-refractivity contribution in [2.24, 2.45) is 0 Å². The minimum Gasteiger partial charge on any atom is -0.485 e. The van der Waals surface area contributed by atoms with E-state index in [1.54, 1.807) is 12.3 Å². The van der Waals surface area contributed by atoms with Crippen LogP contribution in [0.3, 0.4) is 0 Å². The summed E-state index contributed by atoms with van der Waals surface area (Å²) < 4.78 is 13.4. The molecule has 4 nitrogen and oxygen atoms in total.